The van der Waals surface area contributed by atoms with Gasteiger partial charge in [0, 0.05) is 18.8 Å². The van der Waals surface area contributed by atoms with Crippen molar-refractivity contribution in [2.45, 2.75) is 50.6 Å². The molecule has 4 rings (SSSR count). The van der Waals surface area contributed by atoms with Gasteiger partial charge in [0.25, 0.3) is 5.91 Å². The summed E-state index contributed by atoms with van der Waals surface area (Å²) in [5.41, 5.74) is 2.22. The SMILES string of the molecule is Cc1ccc(-n2ccnc2)c(C(=O)N[C@@H]2CCC(=O)NC23CCC3)c1. The Labute approximate surface area is 146 Å². The molecule has 2 aromatic rings. The molecule has 1 aromatic carbocycles. The summed E-state index contributed by atoms with van der Waals surface area (Å²) in [6.07, 6.45) is 9.35. The minimum absolute atomic E-state index is 0.0115. The maximum absolute atomic E-state index is 13.0. The van der Waals surface area contributed by atoms with Gasteiger partial charge in [0.1, 0.15) is 0 Å². The van der Waals surface area contributed by atoms with E-state index in [2.05, 4.69) is 15.6 Å². The van der Waals surface area contributed by atoms with Crippen LogP contribution in [-0.2, 0) is 4.79 Å². The first-order valence-corrected chi connectivity index (χ1v) is 8.78. The minimum Gasteiger partial charge on any atom is -0.349 e. The highest BCUT2D eigenvalue weighted by Gasteiger charge is 2.48. The minimum atomic E-state index is -0.246. The Morgan fingerprint density at radius 3 is 2.92 bits per heavy atom. The fraction of sp³-hybridized carbons (Fsp3) is 0.421. The van der Waals surface area contributed by atoms with Crippen molar-refractivity contribution in [2.24, 2.45) is 0 Å². The predicted molar refractivity (Wildman–Crippen MR) is 93.5 cm³/mol. The Morgan fingerprint density at radius 1 is 1.40 bits per heavy atom. The van der Waals surface area contributed by atoms with E-state index in [1.807, 2.05) is 35.9 Å². The lowest BCUT2D eigenvalue weighted by Gasteiger charge is -2.51. The molecule has 2 N–H and O–H groups in total. The normalized spacial score (nSPS) is 21.5. The first-order valence-electron chi connectivity index (χ1n) is 8.78. The molecule has 2 heterocycles. The molecule has 0 unspecified atom stereocenters. The number of imidazole rings is 1. The number of hydrogen-bond donors (Lipinski definition) is 2. The highest BCUT2D eigenvalue weighted by Crippen LogP contribution is 2.39. The third-order valence-corrected chi connectivity index (χ3v) is 5.45. The van der Waals surface area contributed by atoms with Crippen molar-refractivity contribution in [3.05, 3.63) is 48.0 Å². The number of hydrogen-bond acceptors (Lipinski definition) is 3. The van der Waals surface area contributed by atoms with Gasteiger partial charge in [0.05, 0.1) is 29.2 Å². The van der Waals surface area contributed by atoms with E-state index < -0.39 is 0 Å². The van der Waals surface area contributed by atoms with Gasteiger partial charge >= 0.3 is 0 Å². The Kier molecular flexibility index (Phi) is 3.82. The molecule has 1 saturated heterocycles. The molecule has 1 aliphatic carbocycles. The Morgan fingerprint density at radius 2 is 2.24 bits per heavy atom. The number of amides is 2. The van der Waals surface area contributed by atoms with Crippen LogP contribution in [0, 0.1) is 6.92 Å². The number of nitrogens with zero attached hydrogens (tertiary/aromatic N) is 2. The van der Waals surface area contributed by atoms with Crippen LogP contribution in [0.1, 0.15) is 48.0 Å². The van der Waals surface area contributed by atoms with Crippen LogP contribution in [0.15, 0.2) is 36.9 Å². The summed E-state index contributed by atoms with van der Waals surface area (Å²) in [7, 11) is 0. The van der Waals surface area contributed by atoms with Crippen LogP contribution >= 0.6 is 0 Å². The van der Waals surface area contributed by atoms with Gasteiger partial charge in [-0.25, -0.2) is 4.98 Å². The van der Waals surface area contributed by atoms with Crippen LogP contribution in [0.25, 0.3) is 5.69 Å². The van der Waals surface area contributed by atoms with Gasteiger partial charge in [0.2, 0.25) is 5.91 Å². The van der Waals surface area contributed by atoms with Crippen molar-refractivity contribution < 1.29 is 9.59 Å². The number of aromatic nitrogens is 2. The summed E-state index contributed by atoms with van der Waals surface area (Å²) in [5.74, 6) is -0.000293. The topological polar surface area (TPSA) is 76.0 Å². The van der Waals surface area contributed by atoms with Gasteiger partial charge in [-0.1, -0.05) is 11.6 Å². The zero-order valence-electron chi connectivity index (χ0n) is 14.3. The van der Waals surface area contributed by atoms with Gasteiger partial charge in [-0.3, -0.25) is 9.59 Å². The lowest BCUT2D eigenvalue weighted by Crippen LogP contribution is -2.68. The molecule has 1 atom stereocenters. The molecular weight excluding hydrogens is 316 g/mol. The quantitative estimate of drug-likeness (QED) is 0.900. The molecule has 25 heavy (non-hydrogen) atoms. The van der Waals surface area contributed by atoms with Gasteiger partial charge in [0.15, 0.2) is 0 Å². The average molecular weight is 338 g/mol. The van der Waals surface area contributed by atoms with E-state index in [9.17, 15) is 9.59 Å². The summed E-state index contributed by atoms with van der Waals surface area (Å²) in [6.45, 7) is 1.97. The van der Waals surface area contributed by atoms with Crippen molar-refractivity contribution in [1.29, 1.82) is 0 Å². The fourth-order valence-corrected chi connectivity index (χ4v) is 3.91. The number of benzene rings is 1. The molecule has 2 fully saturated rings. The number of piperidine rings is 1. The van der Waals surface area contributed by atoms with E-state index in [-0.39, 0.29) is 23.4 Å². The van der Waals surface area contributed by atoms with Gasteiger partial charge in [-0.05, 0) is 44.7 Å². The van der Waals surface area contributed by atoms with Crippen LogP contribution in [0.5, 0.6) is 0 Å². The molecule has 0 radical (unpaired) electrons. The van der Waals surface area contributed by atoms with E-state index >= 15 is 0 Å². The second kappa shape index (κ2) is 6.02. The number of aryl methyl sites for hydroxylation is 1. The van der Waals surface area contributed by atoms with E-state index in [0.29, 0.717) is 18.4 Å². The molecule has 1 aromatic heterocycles. The van der Waals surface area contributed by atoms with Crippen molar-refractivity contribution in [2.75, 3.05) is 0 Å². The second-order valence-corrected chi connectivity index (χ2v) is 7.11. The van der Waals surface area contributed by atoms with E-state index in [1.165, 1.54) is 0 Å². The molecule has 1 spiro atoms. The molecule has 130 valence electrons. The molecule has 6 heteroatoms. The fourth-order valence-electron chi connectivity index (χ4n) is 3.91. The average Bonchev–Trinajstić information content (AvgIpc) is 3.09. The summed E-state index contributed by atoms with van der Waals surface area (Å²) in [5, 5.41) is 6.31. The lowest BCUT2D eigenvalue weighted by molar-refractivity contribution is -0.127. The standard InChI is InChI=1S/C19H22N4O2/c1-13-3-4-15(23-10-9-20-12-23)14(11-13)18(25)21-16-5-6-17(24)22-19(16)7-2-8-19/h3-4,9-12,16H,2,5-8H2,1H3,(H,21,25)(H,22,24)/t16-/m1/s1. The number of carbonyl (C=O) groups excluding carboxylic acids is 2. The van der Waals surface area contributed by atoms with Crippen LogP contribution in [-0.4, -0.2) is 32.9 Å². The van der Waals surface area contributed by atoms with Gasteiger partial charge < -0.3 is 15.2 Å². The third-order valence-electron chi connectivity index (χ3n) is 5.45. The lowest BCUT2D eigenvalue weighted by atomic mass is 9.68. The third kappa shape index (κ3) is 2.81. The Balaban J connectivity index is 1.61. The smallest absolute Gasteiger partial charge is 0.253 e. The van der Waals surface area contributed by atoms with E-state index in [0.717, 1.165) is 30.5 Å². The molecule has 2 amide bonds. The summed E-state index contributed by atoms with van der Waals surface area (Å²) >= 11 is 0. The zero-order valence-corrected chi connectivity index (χ0v) is 14.3. The monoisotopic (exact) mass is 338 g/mol. The van der Waals surface area contributed by atoms with Crippen molar-refractivity contribution in [3.8, 4) is 5.69 Å². The van der Waals surface area contributed by atoms with Crippen LogP contribution in [0.4, 0.5) is 0 Å². The first-order chi connectivity index (χ1) is 12.1. The van der Waals surface area contributed by atoms with Crippen LogP contribution < -0.4 is 10.6 Å². The van der Waals surface area contributed by atoms with Crippen molar-refractivity contribution in [1.82, 2.24) is 20.2 Å². The molecule has 6 nitrogen and oxygen atoms in total. The highest BCUT2D eigenvalue weighted by atomic mass is 16.2. The first kappa shape index (κ1) is 15.9. The molecule has 1 aliphatic heterocycles. The zero-order chi connectivity index (χ0) is 17.4. The Bertz CT molecular complexity index is 809. The molecular formula is C19H22N4O2. The van der Waals surface area contributed by atoms with Gasteiger partial charge in [-0.15, -0.1) is 0 Å². The number of carbonyl (C=O) groups is 2. The number of rotatable bonds is 3. The summed E-state index contributed by atoms with van der Waals surface area (Å²) in [4.78, 5) is 28.9. The molecule has 2 aliphatic rings. The van der Waals surface area contributed by atoms with E-state index in [4.69, 9.17) is 0 Å². The molecule has 1 saturated carbocycles. The van der Waals surface area contributed by atoms with Crippen molar-refractivity contribution in [3.63, 3.8) is 0 Å². The van der Waals surface area contributed by atoms with E-state index in [1.54, 1.807) is 12.5 Å². The van der Waals surface area contributed by atoms with Crippen molar-refractivity contribution >= 4 is 11.8 Å². The van der Waals surface area contributed by atoms with Gasteiger partial charge in [-0.2, -0.15) is 0 Å². The molecule has 0 bridgehead atoms. The van der Waals surface area contributed by atoms with Crippen LogP contribution in [0.2, 0.25) is 0 Å². The number of nitrogens with one attached hydrogen (secondary N) is 2. The maximum Gasteiger partial charge on any atom is 0.253 e. The summed E-state index contributed by atoms with van der Waals surface area (Å²) in [6, 6.07) is 5.82. The maximum atomic E-state index is 13.0. The summed E-state index contributed by atoms with van der Waals surface area (Å²) < 4.78 is 1.84. The largest absolute Gasteiger partial charge is 0.349 e. The Hall–Kier alpha value is -2.63. The second-order valence-electron chi connectivity index (χ2n) is 7.11. The highest BCUT2D eigenvalue weighted by molar-refractivity contribution is 5.98. The van der Waals surface area contributed by atoms with Crippen LogP contribution in [0.3, 0.4) is 0 Å². The predicted octanol–water partition coefficient (Wildman–Crippen LogP) is 2.11.